The highest BCUT2D eigenvalue weighted by Crippen LogP contribution is 2.20. The van der Waals surface area contributed by atoms with Gasteiger partial charge in [-0.1, -0.05) is 25.1 Å². The number of para-hydroxylation sites is 2. The Labute approximate surface area is 115 Å². The van der Waals surface area contributed by atoms with Gasteiger partial charge in [0.15, 0.2) is 0 Å². The van der Waals surface area contributed by atoms with Gasteiger partial charge < -0.3 is 4.57 Å². The summed E-state index contributed by atoms with van der Waals surface area (Å²) >= 11 is 0. The van der Waals surface area contributed by atoms with Crippen molar-refractivity contribution in [1.29, 1.82) is 0 Å². The number of aryl methyl sites for hydroxylation is 1. The van der Waals surface area contributed by atoms with Crippen LogP contribution in [0.25, 0.3) is 11.0 Å². The Morgan fingerprint density at radius 3 is 2.40 bits per heavy atom. The average Bonchev–Trinajstić information content (AvgIpc) is 2.81. The highest BCUT2D eigenvalue weighted by atomic mass is 19.1. The Morgan fingerprint density at radius 2 is 1.70 bits per heavy atom. The van der Waals surface area contributed by atoms with Gasteiger partial charge in [0.1, 0.15) is 17.5 Å². The van der Waals surface area contributed by atoms with E-state index in [4.69, 9.17) is 0 Å². The van der Waals surface area contributed by atoms with Crippen LogP contribution in [0.1, 0.15) is 18.3 Å². The maximum atomic E-state index is 13.8. The van der Waals surface area contributed by atoms with Crippen molar-refractivity contribution in [2.75, 3.05) is 0 Å². The first-order chi connectivity index (χ1) is 9.70. The average molecular weight is 272 g/mol. The summed E-state index contributed by atoms with van der Waals surface area (Å²) in [6.45, 7) is 2.14. The Kier molecular flexibility index (Phi) is 3.22. The largest absolute Gasteiger partial charge is 0.323 e. The van der Waals surface area contributed by atoms with Gasteiger partial charge in [-0.25, -0.2) is 13.8 Å². The third-order valence-electron chi connectivity index (χ3n) is 3.43. The molecule has 4 heteroatoms. The van der Waals surface area contributed by atoms with Crippen LogP contribution in [0.15, 0.2) is 42.5 Å². The minimum absolute atomic E-state index is 0.0744. The maximum Gasteiger partial charge on any atom is 0.131 e. The molecule has 0 fully saturated rings. The number of nitrogens with zero attached hydrogens (tertiary/aromatic N) is 2. The summed E-state index contributed by atoms with van der Waals surface area (Å²) < 4.78 is 29.5. The summed E-state index contributed by atoms with van der Waals surface area (Å²) in [6, 6.07) is 11.6. The summed E-state index contributed by atoms with van der Waals surface area (Å²) in [7, 11) is 0. The predicted molar refractivity (Wildman–Crippen MR) is 74.6 cm³/mol. The van der Waals surface area contributed by atoms with Crippen LogP contribution in [-0.4, -0.2) is 9.55 Å². The third-order valence-corrected chi connectivity index (χ3v) is 3.43. The molecule has 0 bridgehead atoms. The molecule has 0 unspecified atom stereocenters. The molecule has 0 N–H and O–H groups in total. The van der Waals surface area contributed by atoms with Crippen LogP contribution < -0.4 is 0 Å². The Morgan fingerprint density at radius 1 is 1.00 bits per heavy atom. The summed E-state index contributed by atoms with van der Waals surface area (Å²) in [5, 5.41) is 0. The molecule has 0 saturated carbocycles. The maximum absolute atomic E-state index is 13.8. The molecular formula is C16H14F2N2. The fourth-order valence-electron chi connectivity index (χ4n) is 2.41. The molecule has 0 amide bonds. The first-order valence-electron chi connectivity index (χ1n) is 6.57. The second-order valence-electron chi connectivity index (χ2n) is 4.66. The lowest BCUT2D eigenvalue weighted by molar-refractivity contribution is 0.543. The summed E-state index contributed by atoms with van der Waals surface area (Å²) in [5.41, 5.74) is 1.82. The fourth-order valence-corrected chi connectivity index (χ4v) is 2.41. The molecule has 1 heterocycles. The summed E-state index contributed by atoms with van der Waals surface area (Å²) in [5.74, 6) is -0.219. The molecule has 0 saturated heterocycles. The standard InChI is InChI=1S/C16H14F2N2/c1-2-16-19-14-8-3-4-9-15(14)20(16)10-11-12(17)6-5-7-13(11)18/h3-9H,2,10H2,1H3. The van der Waals surface area contributed by atoms with Gasteiger partial charge in [0.25, 0.3) is 0 Å². The second kappa shape index (κ2) is 5.04. The molecule has 0 aliphatic rings. The SMILES string of the molecule is CCc1nc2ccccc2n1Cc1c(F)cccc1F. The number of fused-ring (bicyclic) bond motifs is 1. The van der Waals surface area contributed by atoms with Crippen LogP contribution in [0.5, 0.6) is 0 Å². The van der Waals surface area contributed by atoms with E-state index < -0.39 is 11.6 Å². The first kappa shape index (κ1) is 12.8. The zero-order valence-electron chi connectivity index (χ0n) is 11.1. The van der Waals surface area contributed by atoms with E-state index in [0.717, 1.165) is 16.9 Å². The Balaban J connectivity index is 2.15. The van der Waals surface area contributed by atoms with Gasteiger partial charge >= 0.3 is 0 Å². The number of aromatic nitrogens is 2. The smallest absolute Gasteiger partial charge is 0.131 e. The molecule has 0 atom stereocenters. The van der Waals surface area contributed by atoms with Gasteiger partial charge in [-0.2, -0.15) is 0 Å². The van der Waals surface area contributed by atoms with Crippen LogP contribution in [0.4, 0.5) is 8.78 Å². The molecule has 2 aromatic carbocycles. The number of imidazole rings is 1. The lowest BCUT2D eigenvalue weighted by atomic mass is 10.2. The molecular weight excluding hydrogens is 258 g/mol. The molecule has 3 rings (SSSR count). The van der Waals surface area contributed by atoms with E-state index >= 15 is 0 Å². The minimum atomic E-state index is -0.523. The van der Waals surface area contributed by atoms with Crippen molar-refractivity contribution < 1.29 is 8.78 Å². The van der Waals surface area contributed by atoms with Crippen LogP contribution in [0, 0.1) is 11.6 Å². The molecule has 0 radical (unpaired) electrons. The van der Waals surface area contributed by atoms with E-state index in [2.05, 4.69) is 4.98 Å². The highest BCUT2D eigenvalue weighted by molar-refractivity contribution is 5.76. The van der Waals surface area contributed by atoms with Gasteiger partial charge in [-0.3, -0.25) is 0 Å². The molecule has 20 heavy (non-hydrogen) atoms. The minimum Gasteiger partial charge on any atom is -0.323 e. The number of hydrogen-bond donors (Lipinski definition) is 0. The summed E-state index contributed by atoms with van der Waals surface area (Å²) in [4.78, 5) is 4.50. The van der Waals surface area contributed by atoms with Gasteiger partial charge in [-0.05, 0) is 24.3 Å². The zero-order valence-corrected chi connectivity index (χ0v) is 11.1. The molecule has 0 aliphatic heterocycles. The quantitative estimate of drug-likeness (QED) is 0.706. The molecule has 0 aliphatic carbocycles. The third kappa shape index (κ3) is 2.07. The number of halogens is 2. The van der Waals surface area contributed by atoms with Crippen LogP contribution in [0.2, 0.25) is 0 Å². The number of rotatable bonds is 3. The van der Waals surface area contributed by atoms with E-state index in [-0.39, 0.29) is 12.1 Å². The van der Waals surface area contributed by atoms with Crippen LogP contribution >= 0.6 is 0 Å². The van der Waals surface area contributed by atoms with E-state index in [1.54, 1.807) is 0 Å². The van der Waals surface area contributed by atoms with E-state index in [9.17, 15) is 8.78 Å². The van der Waals surface area contributed by atoms with Crippen molar-refractivity contribution in [1.82, 2.24) is 9.55 Å². The van der Waals surface area contributed by atoms with Crippen LogP contribution in [0.3, 0.4) is 0 Å². The lowest BCUT2D eigenvalue weighted by Crippen LogP contribution is -2.08. The van der Waals surface area contributed by atoms with Crippen molar-refractivity contribution in [2.24, 2.45) is 0 Å². The van der Waals surface area contributed by atoms with Crippen molar-refractivity contribution in [3.05, 3.63) is 65.5 Å². The molecule has 3 aromatic rings. The van der Waals surface area contributed by atoms with Gasteiger partial charge in [0.05, 0.1) is 17.6 Å². The number of benzene rings is 2. The van der Waals surface area contributed by atoms with Crippen LogP contribution in [-0.2, 0) is 13.0 Å². The lowest BCUT2D eigenvalue weighted by Gasteiger charge is -2.10. The van der Waals surface area contributed by atoms with E-state index in [0.29, 0.717) is 6.42 Å². The normalized spacial score (nSPS) is 11.2. The summed E-state index contributed by atoms with van der Waals surface area (Å²) in [6.07, 6.45) is 0.713. The molecule has 102 valence electrons. The topological polar surface area (TPSA) is 17.8 Å². The predicted octanol–water partition coefficient (Wildman–Crippen LogP) is 3.93. The van der Waals surface area contributed by atoms with Crippen molar-refractivity contribution >= 4 is 11.0 Å². The second-order valence-corrected chi connectivity index (χ2v) is 4.66. The van der Waals surface area contributed by atoms with Crippen molar-refractivity contribution in [3.63, 3.8) is 0 Å². The molecule has 1 aromatic heterocycles. The Bertz CT molecular complexity index is 742. The first-order valence-corrected chi connectivity index (χ1v) is 6.57. The van der Waals surface area contributed by atoms with Crippen molar-refractivity contribution in [3.8, 4) is 0 Å². The monoisotopic (exact) mass is 272 g/mol. The Hall–Kier alpha value is -2.23. The van der Waals surface area contributed by atoms with Gasteiger partial charge in [0, 0.05) is 12.0 Å². The van der Waals surface area contributed by atoms with E-state index in [1.165, 1.54) is 18.2 Å². The van der Waals surface area contributed by atoms with E-state index in [1.807, 2.05) is 35.8 Å². The fraction of sp³-hybridized carbons (Fsp3) is 0.188. The van der Waals surface area contributed by atoms with Crippen molar-refractivity contribution in [2.45, 2.75) is 19.9 Å². The molecule has 2 nitrogen and oxygen atoms in total. The zero-order chi connectivity index (χ0) is 14.1. The molecule has 0 spiro atoms. The van der Waals surface area contributed by atoms with Gasteiger partial charge in [0.2, 0.25) is 0 Å². The number of hydrogen-bond acceptors (Lipinski definition) is 1. The highest BCUT2D eigenvalue weighted by Gasteiger charge is 2.14. The van der Waals surface area contributed by atoms with Gasteiger partial charge in [-0.15, -0.1) is 0 Å².